The van der Waals surface area contributed by atoms with E-state index in [1.807, 2.05) is 0 Å². The summed E-state index contributed by atoms with van der Waals surface area (Å²) in [4.78, 5) is 76.5. The molecule has 2 fully saturated rings. The third-order valence-corrected chi connectivity index (χ3v) is 7.87. The average molecular weight is 697 g/mol. The highest BCUT2D eigenvalue weighted by Crippen LogP contribution is 2.23. The molecule has 0 unspecified atom stereocenters. The highest BCUT2D eigenvalue weighted by molar-refractivity contribution is 5.93. The number of nitrogens with zero attached hydrogens (tertiary/aromatic N) is 6. The van der Waals surface area contributed by atoms with Crippen molar-refractivity contribution in [3.8, 4) is 11.4 Å². The van der Waals surface area contributed by atoms with Crippen molar-refractivity contribution in [2.75, 3.05) is 31.6 Å². The Labute approximate surface area is 288 Å². The molecule has 4 heterocycles. The molecule has 2 aliphatic rings. The maximum Gasteiger partial charge on any atom is 0.422 e. The number of hydrogen-bond acceptors (Lipinski definition) is 13. The van der Waals surface area contributed by atoms with Gasteiger partial charge in [-0.1, -0.05) is 18.0 Å². The SMILES string of the molecule is CC(C)(C)OC(=O)N[C@@H]1CCCC[C@@H]1Nc1cn(C(=O)OC(C)(C)C)c(=O)n(Cc2nc(-c3ccnc(C(=O)N4CCOCC4)c3)no2)c1=O. The van der Waals surface area contributed by atoms with Crippen LogP contribution in [0.3, 0.4) is 0 Å². The van der Waals surface area contributed by atoms with Crippen LogP contribution in [-0.2, 0) is 20.8 Å². The zero-order valence-corrected chi connectivity index (χ0v) is 29.2. The van der Waals surface area contributed by atoms with Crippen LogP contribution in [-0.4, -0.2) is 96.8 Å². The summed E-state index contributed by atoms with van der Waals surface area (Å²) < 4.78 is 23.1. The summed E-state index contributed by atoms with van der Waals surface area (Å²) in [6.45, 7) is 11.5. The van der Waals surface area contributed by atoms with Gasteiger partial charge >= 0.3 is 17.9 Å². The van der Waals surface area contributed by atoms with E-state index in [9.17, 15) is 24.0 Å². The van der Waals surface area contributed by atoms with Crippen molar-refractivity contribution >= 4 is 23.8 Å². The van der Waals surface area contributed by atoms with Crippen LogP contribution in [0.2, 0.25) is 0 Å². The lowest BCUT2D eigenvalue weighted by Crippen LogP contribution is -2.51. The van der Waals surface area contributed by atoms with E-state index in [1.54, 1.807) is 52.5 Å². The van der Waals surface area contributed by atoms with E-state index in [1.165, 1.54) is 12.3 Å². The second kappa shape index (κ2) is 14.8. The molecule has 2 amide bonds. The zero-order valence-electron chi connectivity index (χ0n) is 29.2. The van der Waals surface area contributed by atoms with Crippen molar-refractivity contribution < 1.29 is 33.1 Å². The first-order valence-corrected chi connectivity index (χ1v) is 16.6. The van der Waals surface area contributed by atoms with E-state index < -0.39 is 53.3 Å². The number of morpholine rings is 1. The molecule has 17 heteroatoms. The molecule has 1 saturated heterocycles. The Bertz CT molecular complexity index is 1830. The van der Waals surface area contributed by atoms with Gasteiger partial charge in [-0.2, -0.15) is 4.98 Å². The number of anilines is 1. The van der Waals surface area contributed by atoms with E-state index in [-0.39, 0.29) is 29.0 Å². The first-order valence-electron chi connectivity index (χ1n) is 16.6. The third kappa shape index (κ3) is 9.13. The molecular formula is C33H44N8O9. The minimum Gasteiger partial charge on any atom is -0.444 e. The van der Waals surface area contributed by atoms with Crippen LogP contribution >= 0.6 is 0 Å². The molecular weight excluding hydrogens is 652 g/mol. The number of aromatic nitrogens is 5. The summed E-state index contributed by atoms with van der Waals surface area (Å²) in [6.07, 6.45) is 3.87. The monoisotopic (exact) mass is 696 g/mol. The number of nitrogens with one attached hydrogen (secondary N) is 2. The molecule has 50 heavy (non-hydrogen) atoms. The first-order chi connectivity index (χ1) is 23.6. The van der Waals surface area contributed by atoms with Gasteiger partial charge in [0.25, 0.3) is 11.5 Å². The largest absolute Gasteiger partial charge is 0.444 e. The van der Waals surface area contributed by atoms with Gasteiger partial charge in [0.05, 0.1) is 19.3 Å². The molecule has 2 atom stereocenters. The first kappa shape index (κ1) is 36.2. The molecule has 3 aromatic heterocycles. The smallest absolute Gasteiger partial charge is 0.422 e. The molecule has 1 aliphatic carbocycles. The highest BCUT2D eigenvalue weighted by atomic mass is 16.6. The third-order valence-electron chi connectivity index (χ3n) is 7.87. The molecule has 1 saturated carbocycles. The number of amides is 2. The van der Waals surface area contributed by atoms with Gasteiger partial charge in [-0.05, 0) is 66.5 Å². The van der Waals surface area contributed by atoms with Crippen molar-refractivity contribution in [3.05, 3.63) is 56.9 Å². The molecule has 0 spiro atoms. The second-order valence-electron chi connectivity index (χ2n) is 14.2. The van der Waals surface area contributed by atoms with Crippen LogP contribution in [0.15, 0.2) is 38.6 Å². The van der Waals surface area contributed by atoms with Crippen molar-refractivity contribution in [2.45, 2.75) is 97.1 Å². The van der Waals surface area contributed by atoms with E-state index in [4.69, 9.17) is 18.7 Å². The number of carbonyl (C=O) groups excluding carboxylic acids is 3. The van der Waals surface area contributed by atoms with Crippen molar-refractivity contribution in [2.24, 2.45) is 0 Å². The van der Waals surface area contributed by atoms with Crippen molar-refractivity contribution in [1.82, 2.24) is 34.5 Å². The summed E-state index contributed by atoms with van der Waals surface area (Å²) >= 11 is 0. The van der Waals surface area contributed by atoms with Gasteiger partial charge in [-0.15, -0.1) is 0 Å². The fourth-order valence-corrected chi connectivity index (χ4v) is 5.60. The van der Waals surface area contributed by atoms with Gasteiger partial charge in [0, 0.05) is 37.1 Å². The Balaban J connectivity index is 1.44. The Kier molecular flexibility index (Phi) is 10.7. The lowest BCUT2D eigenvalue weighted by molar-refractivity contribution is 0.0299. The predicted octanol–water partition coefficient (Wildman–Crippen LogP) is 3.01. The Hall–Kier alpha value is -5.06. The number of pyridine rings is 1. The van der Waals surface area contributed by atoms with Gasteiger partial charge in [0.1, 0.15) is 29.1 Å². The van der Waals surface area contributed by atoms with Crippen molar-refractivity contribution in [3.63, 3.8) is 0 Å². The fraction of sp³-hybridized carbons (Fsp3) is 0.576. The van der Waals surface area contributed by atoms with E-state index >= 15 is 0 Å². The maximum atomic E-state index is 13.9. The van der Waals surface area contributed by atoms with Crippen LogP contribution in [0, 0.1) is 0 Å². The highest BCUT2D eigenvalue weighted by Gasteiger charge is 2.31. The molecule has 3 aromatic rings. The van der Waals surface area contributed by atoms with Crippen LogP contribution < -0.4 is 21.9 Å². The molecule has 5 rings (SSSR count). The number of alkyl carbamates (subject to hydrolysis) is 1. The normalized spacial score (nSPS) is 18.3. The summed E-state index contributed by atoms with van der Waals surface area (Å²) in [5, 5.41) is 10.1. The number of hydrogen-bond donors (Lipinski definition) is 2. The summed E-state index contributed by atoms with van der Waals surface area (Å²) in [6, 6.07) is 2.32. The molecule has 0 aromatic carbocycles. The van der Waals surface area contributed by atoms with Crippen LogP contribution in [0.4, 0.5) is 15.3 Å². The average Bonchev–Trinajstić information content (AvgIpc) is 3.52. The molecule has 2 N–H and O–H groups in total. The van der Waals surface area contributed by atoms with Gasteiger partial charge in [0.15, 0.2) is 0 Å². The van der Waals surface area contributed by atoms with E-state index in [0.717, 1.165) is 23.6 Å². The molecule has 0 bridgehead atoms. The summed E-state index contributed by atoms with van der Waals surface area (Å²) in [7, 11) is 0. The summed E-state index contributed by atoms with van der Waals surface area (Å²) in [5.41, 5.74) is -2.83. The predicted molar refractivity (Wildman–Crippen MR) is 179 cm³/mol. The fourth-order valence-electron chi connectivity index (χ4n) is 5.60. The van der Waals surface area contributed by atoms with Crippen LogP contribution in [0.5, 0.6) is 0 Å². The van der Waals surface area contributed by atoms with E-state index in [0.29, 0.717) is 49.3 Å². The Morgan fingerprint density at radius 1 is 0.980 bits per heavy atom. The quantitative estimate of drug-likeness (QED) is 0.365. The van der Waals surface area contributed by atoms with Crippen molar-refractivity contribution in [1.29, 1.82) is 0 Å². The van der Waals surface area contributed by atoms with Crippen LogP contribution in [0.1, 0.15) is 83.6 Å². The molecule has 17 nitrogen and oxygen atoms in total. The molecule has 270 valence electrons. The molecule has 1 aliphatic heterocycles. The Morgan fingerprint density at radius 3 is 2.34 bits per heavy atom. The topological polar surface area (TPSA) is 202 Å². The minimum atomic E-state index is -0.994. The van der Waals surface area contributed by atoms with Crippen LogP contribution in [0.25, 0.3) is 11.4 Å². The van der Waals surface area contributed by atoms with Gasteiger partial charge in [-0.25, -0.2) is 23.5 Å². The van der Waals surface area contributed by atoms with E-state index in [2.05, 4.69) is 25.8 Å². The van der Waals surface area contributed by atoms with Gasteiger partial charge < -0.3 is 34.3 Å². The Morgan fingerprint density at radius 2 is 1.66 bits per heavy atom. The summed E-state index contributed by atoms with van der Waals surface area (Å²) in [5.74, 6) is -0.266. The lowest BCUT2D eigenvalue weighted by atomic mass is 9.90. The standard InChI is InChI=1S/C33H44N8O9/c1-32(2,3)48-29(44)36-22-10-8-7-9-21(22)35-24-18-41(31(46)49-33(4,5)6)30(45)40(28(24)43)19-25-37-26(38-50-25)20-11-12-34-23(17-20)27(42)39-13-15-47-16-14-39/h11-12,17-18,21-22,35H,7-10,13-16,19H2,1-6H3,(H,36,44)/t21-,22+/m0/s1. The maximum absolute atomic E-state index is 13.9. The zero-order chi connectivity index (χ0) is 36.2. The molecule has 0 radical (unpaired) electrons. The second-order valence-corrected chi connectivity index (χ2v) is 14.2. The number of ether oxygens (including phenoxy) is 3. The minimum absolute atomic E-state index is 0.0708. The lowest BCUT2D eigenvalue weighted by Gasteiger charge is -2.34. The number of carbonyl (C=O) groups is 3. The van der Waals surface area contributed by atoms with Gasteiger partial charge in [0.2, 0.25) is 11.7 Å². The van der Waals surface area contributed by atoms with Gasteiger partial charge in [-0.3, -0.25) is 14.6 Å². The number of rotatable bonds is 7.